The zero-order valence-corrected chi connectivity index (χ0v) is 18.7. The third-order valence-electron chi connectivity index (χ3n) is 10.1. The quantitative estimate of drug-likeness (QED) is 0.594. The Labute approximate surface area is 181 Å². The zero-order chi connectivity index (χ0) is 21.1. The van der Waals surface area contributed by atoms with Crippen molar-refractivity contribution >= 4 is 5.97 Å². The lowest BCUT2D eigenvalue weighted by atomic mass is 9.46. The van der Waals surface area contributed by atoms with Crippen molar-refractivity contribution in [3.63, 3.8) is 0 Å². The lowest BCUT2D eigenvalue weighted by molar-refractivity contribution is -0.138. The molecule has 5 rings (SSSR count). The van der Waals surface area contributed by atoms with E-state index in [9.17, 15) is 15.0 Å². The van der Waals surface area contributed by atoms with Crippen molar-refractivity contribution in [2.45, 2.75) is 77.7 Å². The molecule has 0 aromatic carbocycles. The minimum atomic E-state index is -0.686. The Balaban J connectivity index is 1.41. The molecule has 4 nitrogen and oxygen atoms in total. The van der Waals surface area contributed by atoms with E-state index in [4.69, 9.17) is 0 Å². The van der Waals surface area contributed by atoms with Crippen molar-refractivity contribution in [2.75, 3.05) is 13.1 Å². The molecule has 4 heteroatoms. The van der Waals surface area contributed by atoms with Gasteiger partial charge >= 0.3 is 5.97 Å². The van der Waals surface area contributed by atoms with E-state index in [1.165, 1.54) is 31.3 Å². The maximum absolute atomic E-state index is 11.4. The third-order valence-corrected chi connectivity index (χ3v) is 10.1. The molecule has 5 aliphatic rings. The van der Waals surface area contributed by atoms with Gasteiger partial charge in [0.1, 0.15) is 0 Å². The van der Waals surface area contributed by atoms with Crippen LogP contribution in [0.15, 0.2) is 23.3 Å². The van der Waals surface area contributed by atoms with Crippen LogP contribution in [0.3, 0.4) is 0 Å². The number of piperidine rings is 1. The number of fused-ring (bicyclic) bond motifs is 5. The van der Waals surface area contributed by atoms with Crippen molar-refractivity contribution in [2.24, 2.45) is 40.4 Å². The second-order valence-electron chi connectivity index (χ2n) is 11.5. The Kier molecular flexibility index (Phi) is 5.17. The molecule has 1 heterocycles. The number of aliphatic hydroxyl groups excluding tert-OH is 1. The van der Waals surface area contributed by atoms with Gasteiger partial charge in [0.2, 0.25) is 0 Å². The van der Waals surface area contributed by atoms with E-state index in [-0.39, 0.29) is 29.3 Å². The van der Waals surface area contributed by atoms with Crippen LogP contribution in [-0.4, -0.2) is 35.4 Å². The van der Waals surface area contributed by atoms with Gasteiger partial charge in [-0.2, -0.15) is 0 Å². The van der Waals surface area contributed by atoms with E-state index in [2.05, 4.69) is 31.3 Å². The first-order valence-corrected chi connectivity index (χ1v) is 12.3. The predicted molar refractivity (Wildman–Crippen MR) is 118 cm³/mol. The molecule has 0 spiro atoms. The van der Waals surface area contributed by atoms with Gasteiger partial charge in [0.05, 0.1) is 6.10 Å². The van der Waals surface area contributed by atoms with Gasteiger partial charge in [0.15, 0.2) is 0 Å². The van der Waals surface area contributed by atoms with Crippen molar-refractivity contribution in [1.82, 2.24) is 5.32 Å². The average molecular weight is 414 g/mol. The summed E-state index contributed by atoms with van der Waals surface area (Å²) in [5.74, 6) is 1.66. The number of aliphatic hydroxyl groups is 1. The summed E-state index contributed by atoms with van der Waals surface area (Å²) in [5, 5.41) is 24.2. The monoisotopic (exact) mass is 413 g/mol. The molecule has 2 saturated carbocycles. The molecule has 0 bridgehead atoms. The zero-order valence-electron chi connectivity index (χ0n) is 18.7. The van der Waals surface area contributed by atoms with Crippen molar-refractivity contribution in [1.29, 1.82) is 0 Å². The molecule has 3 fully saturated rings. The second kappa shape index (κ2) is 7.48. The average Bonchev–Trinajstić information content (AvgIpc) is 3.06. The highest BCUT2D eigenvalue weighted by atomic mass is 16.4. The Hall–Kier alpha value is -1.13. The molecule has 1 unspecified atom stereocenters. The highest BCUT2D eigenvalue weighted by molar-refractivity contribution is 5.67. The Morgan fingerprint density at radius 2 is 1.97 bits per heavy atom. The van der Waals surface area contributed by atoms with E-state index in [1.54, 1.807) is 5.57 Å². The van der Waals surface area contributed by atoms with Crippen molar-refractivity contribution < 1.29 is 15.0 Å². The van der Waals surface area contributed by atoms with Crippen LogP contribution in [-0.2, 0) is 4.79 Å². The van der Waals surface area contributed by atoms with Crippen LogP contribution >= 0.6 is 0 Å². The summed E-state index contributed by atoms with van der Waals surface area (Å²) in [6.45, 7) is 7.20. The van der Waals surface area contributed by atoms with Gasteiger partial charge in [-0.15, -0.1) is 0 Å². The molecule has 1 saturated heterocycles. The molecule has 1 aliphatic heterocycles. The highest BCUT2D eigenvalue weighted by Crippen LogP contribution is 2.66. The molecule has 0 aromatic rings. The van der Waals surface area contributed by atoms with E-state index in [1.807, 2.05) is 0 Å². The molecule has 3 N–H and O–H groups in total. The minimum Gasteiger partial charge on any atom is -0.481 e. The van der Waals surface area contributed by atoms with Crippen LogP contribution in [0, 0.1) is 40.4 Å². The number of hydrogen-bond acceptors (Lipinski definition) is 3. The SMILES string of the molecule is C[C@]12CC[C@H](CC(=O)O)CC1=C[C@@H](O)[C@@H]1[C@@H]2CC[C@]2(C)C(C3CCCNC3)=CC[C@@H]12. The van der Waals surface area contributed by atoms with Gasteiger partial charge < -0.3 is 15.5 Å². The van der Waals surface area contributed by atoms with Crippen LogP contribution in [0.5, 0.6) is 0 Å². The number of rotatable bonds is 3. The summed E-state index contributed by atoms with van der Waals surface area (Å²) in [7, 11) is 0. The Morgan fingerprint density at radius 3 is 2.70 bits per heavy atom. The number of carboxylic acid groups (broad SMARTS) is 1. The van der Waals surface area contributed by atoms with Gasteiger partial charge in [-0.3, -0.25) is 4.79 Å². The van der Waals surface area contributed by atoms with E-state index >= 15 is 0 Å². The van der Waals surface area contributed by atoms with Crippen LogP contribution < -0.4 is 5.32 Å². The molecular formula is C26H39NO3. The van der Waals surface area contributed by atoms with Crippen LogP contribution in [0.2, 0.25) is 0 Å². The van der Waals surface area contributed by atoms with Crippen LogP contribution in [0.4, 0.5) is 0 Å². The number of hydrogen-bond donors (Lipinski definition) is 3. The summed E-state index contributed by atoms with van der Waals surface area (Å²) in [6, 6.07) is 0. The predicted octanol–water partition coefficient (Wildman–Crippen LogP) is 4.55. The topological polar surface area (TPSA) is 69.6 Å². The maximum Gasteiger partial charge on any atom is 0.303 e. The van der Waals surface area contributed by atoms with Gasteiger partial charge in [-0.1, -0.05) is 37.1 Å². The summed E-state index contributed by atoms with van der Waals surface area (Å²) in [4.78, 5) is 11.2. The molecule has 0 amide bonds. The summed E-state index contributed by atoms with van der Waals surface area (Å²) < 4.78 is 0. The highest BCUT2D eigenvalue weighted by Gasteiger charge is 2.59. The lowest BCUT2D eigenvalue weighted by Crippen LogP contribution is -2.54. The fourth-order valence-electron chi connectivity index (χ4n) is 8.50. The van der Waals surface area contributed by atoms with Gasteiger partial charge in [0.25, 0.3) is 0 Å². The van der Waals surface area contributed by atoms with E-state index < -0.39 is 5.97 Å². The third kappa shape index (κ3) is 3.12. The van der Waals surface area contributed by atoms with E-state index in [0.717, 1.165) is 38.8 Å². The maximum atomic E-state index is 11.4. The first-order valence-electron chi connectivity index (χ1n) is 12.3. The molecule has 166 valence electrons. The van der Waals surface area contributed by atoms with Gasteiger partial charge in [0, 0.05) is 13.0 Å². The molecular weight excluding hydrogens is 374 g/mol. The fraction of sp³-hybridized carbons (Fsp3) is 0.808. The fourth-order valence-corrected chi connectivity index (χ4v) is 8.50. The second-order valence-corrected chi connectivity index (χ2v) is 11.5. The number of carbonyl (C=O) groups is 1. The normalized spacial score (nSPS) is 48.1. The first kappa shape index (κ1) is 20.8. The minimum absolute atomic E-state index is 0.148. The van der Waals surface area contributed by atoms with E-state index in [0.29, 0.717) is 23.7 Å². The summed E-state index contributed by atoms with van der Waals surface area (Å²) in [6.07, 6.45) is 13.7. The molecule has 4 aliphatic carbocycles. The molecule has 30 heavy (non-hydrogen) atoms. The number of aliphatic carboxylic acids is 1. The molecule has 0 aromatic heterocycles. The largest absolute Gasteiger partial charge is 0.481 e. The van der Waals surface area contributed by atoms with Gasteiger partial charge in [-0.05, 0) is 98.3 Å². The van der Waals surface area contributed by atoms with Crippen LogP contribution in [0.25, 0.3) is 0 Å². The van der Waals surface area contributed by atoms with Crippen molar-refractivity contribution in [3.8, 4) is 0 Å². The summed E-state index contributed by atoms with van der Waals surface area (Å²) >= 11 is 0. The summed E-state index contributed by atoms with van der Waals surface area (Å²) in [5.41, 5.74) is 3.44. The van der Waals surface area contributed by atoms with Crippen LogP contribution in [0.1, 0.15) is 71.6 Å². The Bertz CT molecular complexity index is 766. The molecule has 0 radical (unpaired) electrons. The number of allylic oxidation sites excluding steroid dienone is 2. The van der Waals surface area contributed by atoms with Crippen molar-refractivity contribution in [3.05, 3.63) is 23.3 Å². The standard InChI is InChI=1S/C26H39NO3/c1-25-9-7-16(13-23(29)30)12-18(25)14-22(28)24-20-6-5-19(17-4-3-11-27-15-17)26(20,2)10-8-21(24)25/h5,14,16-17,20-22,24,27-28H,3-4,6-13,15H2,1-2H3,(H,29,30)/t16-,17?,20-,21-,22+,24-,25-,26+/m0/s1. The van der Waals surface area contributed by atoms with Gasteiger partial charge in [-0.25, -0.2) is 0 Å². The Morgan fingerprint density at radius 1 is 1.17 bits per heavy atom. The molecule has 8 atom stereocenters. The number of nitrogens with one attached hydrogen (secondary N) is 1. The first-order chi connectivity index (χ1) is 14.3. The lowest BCUT2D eigenvalue weighted by Gasteiger charge is -2.59. The smallest absolute Gasteiger partial charge is 0.303 e. The number of carboxylic acids is 1.